The van der Waals surface area contributed by atoms with Crippen molar-refractivity contribution in [1.82, 2.24) is 10.6 Å². The number of carbonyl (C=O) groups is 2. The van der Waals surface area contributed by atoms with E-state index >= 15 is 0 Å². The van der Waals surface area contributed by atoms with E-state index in [1.54, 1.807) is 27.7 Å². The first-order chi connectivity index (χ1) is 9.49. The zero-order valence-electron chi connectivity index (χ0n) is 12.6. The van der Waals surface area contributed by atoms with Gasteiger partial charge in [-0.15, -0.1) is 0 Å². The van der Waals surface area contributed by atoms with Crippen LogP contribution in [-0.4, -0.2) is 38.2 Å². The highest BCUT2D eigenvalue weighted by Crippen LogP contribution is 1.91. The number of hydrogen-bond acceptors (Lipinski definition) is 6. The van der Waals surface area contributed by atoms with Gasteiger partial charge < -0.3 is 20.1 Å². The molecule has 0 aliphatic heterocycles. The lowest BCUT2D eigenvalue weighted by atomic mass is 10.4. The molecule has 6 nitrogen and oxygen atoms in total. The Morgan fingerprint density at radius 1 is 0.850 bits per heavy atom. The number of esters is 2. The average molecular weight is 284 g/mol. The summed E-state index contributed by atoms with van der Waals surface area (Å²) in [5.74, 6) is -0.715. The van der Waals surface area contributed by atoms with E-state index in [9.17, 15) is 9.59 Å². The van der Waals surface area contributed by atoms with E-state index in [4.69, 9.17) is 9.47 Å². The number of allylic oxidation sites excluding steroid dienone is 2. The smallest absolute Gasteiger partial charge is 0.332 e. The average Bonchev–Trinajstić information content (AvgIpc) is 2.35. The highest BCUT2D eigenvalue weighted by molar-refractivity contribution is 5.82. The predicted octanol–water partition coefficient (Wildman–Crippen LogP) is 1.10. The Morgan fingerprint density at radius 2 is 1.20 bits per heavy atom. The monoisotopic (exact) mass is 284 g/mol. The SMILES string of the molecule is CCOC(=O)/C=C(\C)NCCN/C(C)=C/C(=O)OCC. The molecule has 0 saturated carbocycles. The number of rotatable bonds is 9. The Balaban J connectivity index is 3.91. The minimum Gasteiger partial charge on any atom is -0.463 e. The summed E-state index contributed by atoms with van der Waals surface area (Å²) in [5, 5.41) is 6.12. The summed E-state index contributed by atoms with van der Waals surface area (Å²) in [4.78, 5) is 22.3. The molecule has 0 bridgehead atoms. The third-order valence-electron chi connectivity index (χ3n) is 2.17. The molecular weight excluding hydrogens is 260 g/mol. The van der Waals surface area contributed by atoms with Gasteiger partial charge in [-0.1, -0.05) is 0 Å². The van der Waals surface area contributed by atoms with E-state index in [-0.39, 0.29) is 11.9 Å². The maximum absolute atomic E-state index is 11.2. The number of carbonyl (C=O) groups excluding carboxylic acids is 2. The summed E-state index contributed by atoms with van der Waals surface area (Å²) >= 11 is 0. The lowest BCUT2D eigenvalue weighted by Crippen LogP contribution is -2.26. The first-order valence-corrected chi connectivity index (χ1v) is 6.67. The van der Waals surface area contributed by atoms with Gasteiger partial charge in [0.2, 0.25) is 0 Å². The molecule has 0 heterocycles. The van der Waals surface area contributed by atoms with Gasteiger partial charge >= 0.3 is 11.9 Å². The number of nitrogens with one attached hydrogen (secondary N) is 2. The molecule has 0 aromatic carbocycles. The van der Waals surface area contributed by atoms with E-state index in [2.05, 4.69) is 10.6 Å². The van der Waals surface area contributed by atoms with E-state index in [1.807, 2.05) is 0 Å². The molecule has 0 unspecified atom stereocenters. The number of ether oxygens (including phenoxy) is 2. The molecule has 0 aliphatic rings. The van der Waals surface area contributed by atoms with Crippen LogP contribution in [0.2, 0.25) is 0 Å². The van der Waals surface area contributed by atoms with Crippen molar-refractivity contribution in [1.29, 1.82) is 0 Å². The largest absolute Gasteiger partial charge is 0.463 e. The zero-order valence-corrected chi connectivity index (χ0v) is 12.6. The van der Waals surface area contributed by atoms with Crippen molar-refractivity contribution >= 4 is 11.9 Å². The summed E-state index contributed by atoms with van der Waals surface area (Å²) in [6.45, 7) is 9.07. The van der Waals surface area contributed by atoms with Crippen LogP contribution in [0, 0.1) is 0 Å². The lowest BCUT2D eigenvalue weighted by Gasteiger charge is -2.09. The fraction of sp³-hybridized carbons (Fsp3) is 0.571. The van der Waals surface area contributed by atoms with Crippen molar-refractivity contribution in [2.24, 2.45) is 0 Å². The summed E-state index contributed by atoms with van der Waals surface area (Å²) in [5.41, 5.74) is 1.47. The molecule has 0 amide bonds. The molecule has 0 fully saturated rings. The highest BCUT2D eigenvalue weighted by atomic mass is 16.5. The van der Waals surface area contributed by atoms with Crippen LogP contribution in [0.15, 0.2) is 23.5 Å². The maximum atomic E-state index is 11.2. The molecule has 0 spiro atoms. The molecule has 0 atom stereocenters. The van der Waals surface area contributed by atoms with Crippen LogP contribution in [0.1, 0.15) is 27.7 Å². The van der Waals surface area contributed by atoms with Crippen molar-refractivity contribution in [3.05, 3.63) is 23.5 Å². The molecular formula is C14H24N2O4. The molecule has 0 radical (unpaired) electrons. The summed E-state index contributed by atoms with van der Waals surface area (Å²) in [6.07, 6.45) is 2.82. The molecule has 20 heavy (non-hydrogen) atoms. The van der Waals surface area contributed by atoms with Crippen LogP contribution in [-0.2, 0) is 19.1 Å². The Morgan fingerprint density at radius 3 is 1.50 bits per heavy atom. The normalized spacial score (nSPS) is 11.8. The van der Waals surface area contributed by atoms with Gasteiger partial charge in [0.1, 0.15) is 0 Å². The summed E-state index contributed by atoms with van der Waals surface area (Å²) in [6, 6.07) is 0. The van der Waals surface area contributed by atoms with Crippen LogP contribution in [0.25, 0.3) is 0 Å². The fourth-order valence-electron chi connectivity index (χ4n) is 1.34. The van der Waals surface area contributed by atoms with Crippen molar-refractivity contribution < 1.29 is 19.1 Å². The highest BCUT2D eigenvalue weighted by Gasteiger charge is 1.99. The second-order valence-corrected chi connectivity index (χ2v) is 4.01. The second kappa shape index (κ2) is 10.9. The Labute approximate surface area is 120 Å². The Hall–Kier alpha value is -1.98. The van der Waals surface area contributed by atoms with Gasteiger partial charge in [0.25, 0.3) is 0 Å². The topological polar surface area (TPSA) is 76.7 Å². The molecule has 0 saturated heterocycles. The third-order valence-corrected chi connectivity index (χ3v) is 2.17. The molecule has 2 N–H and O–H groups in total. The van der Waals surface area contributed by atoms with E-state index < -0.39 is 0 Å². The van der Waals surface area contributed by atoms with E-state index in [0.717, 1.165) is 11.4 Å². The van der Waals surface area contributed by atoms with Gasteiger partial charge in [0, 0.05) is 36.6 Å². The quantitative estimate of drug-likeness (QED) is 0.375. The predicted molar refractivity (Wildman–Crippen MR) is 76.8 cm³/mol. The molecule has 0 aromatic heterocycles. The molecule has 6 heteroatoms. The number of hydrogen-bond donors (Lipinski definition) is 2. The molecule has 0 aliphatic carbocycles. The van der Waals surface area contributed by atoms with Gasteiger partial charge in [0.05, 0.1) is 13.2 Å². The minimum absolute atomic E-state index is 0.358. The van der Waals surface area contributed by atoms with Crippen molar-refractivity contribution in [3.8, 4) is 0 Å². The maximum Gasteiger partial charge on any atom is 0.332 e. The van der Waals surface area contributed by atoms with Crippen LogP contribution < -0.4 is 10.6 Å². The van der Waals surface area contributed by atoms with E-state index in [1.165, 1.54) is 12.2 Å². The molecule has 0 rings (SSSR count). The fourth-order valence-corrected chi connectivity index (χ4v) is 1.34. The van der Waals surface area contributed by atoms with Gasteiger partial charge in [-0.3, -0.25) is 0 Å². The minimum atomic E-state index is -0.358. The van der Waals surface area contributed by atoms with Gasteiger partial charge in [-0.2, -0.15) is 0 Å². The van der Waals surface area contributed by atoms with Crippen LogP contribution in [0.3, 0.4) is 0 Å². The first kappa shape index (κ1) is 18.0. The summed E-state index contributed by atoms with van der Waals surface area (Å²) in [7, 11) is 0. The van der Waals surface area contributed by atoms with Crippen LogP contribution in [0.4, 0.5) is 0 Å². The van der Waals surface area contributed by atoms with Crippen LogP contribution in [0.5, 0.6) is 0 Å². The Kier molecular flexibility index (Phi) is 9.82. The summed E-state index contributed by atoms with van der Waals surface area (Å²) < 4.78 is 9.58. The lowest BCUT2D eigenvalue weighted by molar-refractivity contribution is -0.138. The first-order valence-electron chi connectivity index (χ1n) is 6.67. The van der Waals surface area contributed by atoms with Gasteiger partial charge in [-0.25, -0.2) is 9.59 Å². The van der Waals surface area contributed by atoms with Gasteiger partial charge in [-0.05, 0) is 27.7 Å². The standard InChI is InChI=1S/C14H24N2O4/c1-5-19-13(17)9-11(3)15-7-8-16-12(4)10-14(18)20-6-2/h9-10,15-16H,5-8H2,1-4H3/b11-9+,12-10+. The van der Waals surface area contributed by atoms with Crippen molar-refractivity contribution in [2.75, 3.05) is 26.3 Å². The second-order valence-electron chi connectivity index (χ2n) is 4.01. The molecule has 0 aromatic rings. The van der Waals surface area contributed by atoms with Crippen molar-refractivity contribution in [3.63, 3.8) is 0 Å². The van der Waals surface area contributed by atoms with Crippen molar-refractivity contribution in [2.45, 2.75) is 27.7 Å². The van der Waals surface area contributed by atoms with E-state index in [0.29, 0.717) is 26.3 Å². The zero-order chi connectivity index (χ0) is 15.4. The molecule has 114 valence electrons. The van der Waals surface area contributed by atoms with Gasteiger partial charge in [0.15, 0.2) is 0 Å². The third kappa shape index (κ3) is 9.99. The van der Waals surface area contributed by atoms with Crippen LogP contribution >= 0.6 is 0 Å². The Bertz CT molecular complexity index is 339.